The monoisotopic (exact) mass is 614 g/mol. The van der Waals surface area contributed by atoms with Gasteiger partial charge in [0.15, 0.2) is 11.5 Å². The summed E-state index contributed by atoms with van der Waals surface area (Å²) in [6.07, 6.45) is 11.2. The summed E-state index contributed by atoms with van der Waals surface area (Å²) >= 11 is 0. The molecule has 1 saturated heterocycles. The summed E-state index contributed by atoms with van der Waals surface area (Å²) in [6.45, 7) is 7.38. The third-order valence-corrected chi connectivity index (χ3v) is 11.0. The fourth-order valence-corrected chi connectivity index (χ4v) is 9.20. The van der Waals surface area contributed by atoms with E-state index in [1.165, 1.54) is 23.6 Å². The lowest BCUT2D eigenvalue weighted by atomic mass is 9.51. The van der Waals surface area contributed by atoms with Gasteiger partial charge in [-0.05, 0) is 87.9 Å². The summed E-state index contributed by atoms with van der Waals surface area (Å²) in [6, 6.07) is 14.8. The molecule has 45 heavy (non-hydrogen) atoms. The van der Waals surface area contributed by atoms with Crippen LogP contribution in [0.3, 0.4) is 0 Å². The molecular weight excluding hydrogens is 564 g/mol. The normalized spacial score (nSPS) is 26.1. The van der Waals surface area contributed by atoms with Crippen molar-refractivity contribution in [2.45, 2.75) is 121 Å². The summed E-state index contributed by atoms with van der Waals surface area (Å²) in [5.74, 6) is 1.63. The molecule has 242 valence electrons. The van der Waals surface area contributed by atoms with Gasteiger partial charge in [-0.25, -0.2) is 0 Å². The average Bonchev–Trinajstić information content (AvgIpc) is 3.37. The highest BCUT2D eigenvalue weighted by Gasteiger charge is 2.66. The lowest BCUT2D eigenvalue weighted by Crippen LogP contribution is -2.69. The number of hydrogen-bond acceptors (Lipinski definition) is 6. The van der Waals surface area contributed by atoms with Crippen LogP contribution < -0.4 is 9.47 Å². The molecule has 2 fully saturated rings. The molecule has 2 aromatic rings. The highest BCUT2D eigenvalue weighted by atomic mass is 16.6. The van der Waals surface area contributed by atoms with E-state index in [0.29, 0.717) is 30.4 Å². The first-order valence-corrected chi connectivity index (χ1v) is 17.4. The van der Waals surface area contributed by atoms with Crippen molar-refractivity contribution in [3.63, 3.8) is 0 Å². The topological polar surface area (TPSA) is 76.2 Å². The zero-order valence-corrected chi connectivity index (χ0v) is 27.4. The molecule has 2 aliphatic heterocycles. The number of amides is 1. The SMILES string of the molecule is CCCCCN(C(=O)CCCCCc1ccccc1)[C@H]1CC[C@H]2[C@H]3Cc4ccc(OC(C)=O)c5c4[C@@]2(CCN3CC(C)=O)[C@H]1O5. The summed E-state index contributed by atoms with van der Waals surface area (Å²) in [5, 5.41) is 0. The predicted octanol–water partition coefficient (Wildman–Crippen LogP) is 6.43. The fraction of sp³-hybridized carbons (Fsp3) is 0.605. The van der Waals surface area contributed by atoms with E-state index in [4.69, 9.17) is 9.47 Å². The van der Waals surface area contributed by atoms with Gasteiger partial charge in [0.05, 0.1) is 12.6 Å². The van der Waals surface area contributed by atoms with E-state index in [1.54, 1.807) is 6.92 Å². The fourth-order valence-electron chi connectivity index (χ4n) is 9.20. The Morgan fingerprint density at radius 3 is 2.58 bits per heavy atom. The Kier molecular flexibility index (Phi) is 9.65. The van der Waals surface area contributed by atoms with E-state index in [2.05, 4.69) is 53.1 Å². The maximum atomic E-state index is 14.1. The van der Waals surface area contributed by atoms with E-state index in [-0.39, 0.29) is 41.3 Å². The number of esters is 1. The van der Waals surface area contributed by atoms with Crippen LogP contribution in [-0.4, -0.2) is 65.3 Å². The van der Waals surface area contributed by atoms with Gasteiger partial charge >= 0.3 is 5.97 Å². The van der Waals surface area contributed by atoms with Crippen LogP contribution in [0.2, 0.25) is 0 Å². The molecule has 0 unspecified atom stereocenters. The van der Waals surface area contributed by atoms with Crippen LogP contribution in [0.5, 0.6) is 11.5 Å². The lowest BCUT2D eigenvalue weighted by Gasteiger charge is -2.60. The van der Waals surface area contributed by atoms with Crippen molar-refractivity contribution in [1.29, 1.82) is 0 Å². The molecule has 4 aliphatic rings. The molecule has 7 nitrogen and oxygen atoms in total. The smallest absolute Gasteiger partial charge is 0.308 e. The summed E-state index contributed by atoms with van der Waals surface area (Å²) in [4.78, 5) is 43.1. The van der Waals surface area contributed by atoms with Crippen molar-refractivity contribution in [3.8, 4) is 11.5 Å². The van der Waals surface area contributed by atoms with Crippen LogP contribution in [0.25, 0.3) is 0 Å². The van der Waals surface area contributed by atoms with Crippen molar-refractivity contribution < 1.29 is 23.9 Å². The maximum absolute atomic E-state index is 14.1. The third-order valence-electron chi connectivity index (χ3n) is 11.0. The van der Waals surface area contributed by atoms with Gasteiger partial charge in [-0.3, -0.25) is 19.3 Å². The van der Waals surface area contributed by atoms with Crippen molar-refractivity contribution >= 4 is 17.7 Å². The second-order valence-corrected chi connectivity index (χ2v) is 13.9. The summed E-state index contributed by atoms with van der Waals surface area (Å²) < 4.78 is 12.7. The number of Topliss-reactive ketones (excluding diaryl/α,β-unsaturated/α-hetero) is 1. The van der Waals surface area contributed by atoms with Crippen LogP contribution in [0.15, 0.2) is 42.5 Å². The zero-order valence-electron chi connectivity index (χ0n) is 27.4. The average molecular weight is 615 g/mol. The molecule has 0 N–H and O–H groups in total. The summed E-state index contributed by atoms with van der Waals surface area (Å²) in [5.41, 5.74) is 3.55. The first kappa shape index (κ1) is 31.8. The Hall–Kier alpha value is -3.19. The van der Waals surface area contributed by atoms with Gasteiger partial charge in [-0.2, -0.15) is 0 Å². The molecule has 2 bridgehead atoms. The number of aryl methyl sites for hydroxylation is 1. The third kappa shape index (κ3) is 6.17. The largest absolute Gasteiger partial charge is 0.483 e. The van der Waals surface area contributed by atoms with Crippen molar-refractivity contribution in [1.82, 2.24) is 9.80 Å². The highest BCUT2D eigenvalue weighted by Crippen LogP contribution is 2.64. The maximum Gasteiger partial charge on any atom is 0.308 e. The number of benzene rings is 2. The Morgan fingerprint density at radius 1 is 1.00 bits per heavy atom. The molecule has 2 aromatic carbocycles. The number of piperidine rings is 1. The molecule has 2 aliphatic carbocycles. The van der Waals surface area contributed by atoms with Crippen LogP contribution in [0.4, 0.5) is 0 Å². The van der Waals surface area contributed by atoms with Crippen LogP contribution in [0.1, 0.15) is 102 Å². The Balaban J connectivity index is 1.27. The summed E-state index contributed by atoms with van der Waals surface area (Å²) in [7, 11) is 0. The Labute approximate surface area is 268 Å². The number of ether oxygens (including phenoxy) is 2. The molecule has 0 radical (unpaired) electrons. The molecule has 7 heteroatoms. The molecule has 1 saturated carbocycles. The minimum absolute atomic E-state index is 0.0292. The second kappa shape index (κ2) is 13.7. The minimum Gasteiger partial charge on any atom is -0.483 e. The Morgan fingerprint density at radius 2 is 1.82 bits per heavy atom. The molecule has 2 heterocycles. The van der Waals surface area contributed by atoms with Crippen molar-refractivity contribution in [2.75, 3.05) is 19.6 Å². The van der Waals surface area contributed by atoms with Gasteiger partial charge in [0.2, 0.25) is 5.91 Å². The number of ketones is 1. The molecule has 1 spiro atoms. The van der Waals surface area contributed by atoms with Gasteiger partial charge in [0.25, 0.3) is 0 Å². The molecule has 0 aromatic heterocycles. The molecular formula is C38H50N2O5. The number of unbranched alkanes of at least 4 members (excludes halogenated alkanes) is 4. The van der Waals surface area contributed by atoms with E-state index in [9.17, 15) is 14.4 Å². The first-order valence-electron chi connectivity index (χ1n) is 17.4. The molecule has 6 rings (SSSR count). The van der Waals surface area contributed by atoms with Crippen molar-refractivity contribution in [3.05, 3.63) is 59.2 Å². The van der Waals surface area contributed by atoms with Gasteiger partial charge in [-0.15, -0.1) is 0 Å². The lowest BCUT2D eigenvalue weighted by molar-refractivity contribution is -0.143. The molecule has 1 amide bonds. The van der Waals surface area contributed by atoms with E-state index < -0.39 is 0 Å². The van der Waals surface area contributed by atoms with E-state index in [0.717, 1.165) is 83.7 Å². The van der Waals surface area contributed by atoms with E-state index >= 15 is 0 Å². The number of nitrogens with zero attached hydrogens (tertiary/aromatic N) is 2. The predicted molar refractivity (Wildman–Crippen MR) is 175 cm³/mol. The van der Waals surface area contributed by atoms with Crippen LogP contribution in [0, 0.1) is 5.92 Å². The number of likely N-dealkylation sites (tertiary alicyclic amines) is 1. The second-order valence-electron chi connectivity index (χ2n) is 13.9. The highest BCUT2D eigenvalue weighted by molar-refractivity contribution is 5.78. The number of hydrogen-bond donors (Lipinski definition) is 0. The van der Waals surface area contributed by atoms with Crippen molar-refractivity contribution in [2.24, 2.45) is 5.92 Å². The minimum atomic E-state index is -0.358. The zero-order chi connectivity index (χ0) is 31.6. The Bertz CT molecular complexity index is 1390. The number of rotatable bonds is 14. The number of carbonyl (C=O) groups is 3. The standard InChI is InChI=1S/C38H50N2O5/c1-4-5-12-22-40(34(43)16-11-7-10-15-28-13-8-6-9-14-28)31-19-18-30-32-24-29-17-20-33(44-27(3)42)36-35(29)38(30,37(31)45-36)21-23-39(32)25-26(2)41/h6,8-9,13-14,17,20,30-32,37H,4-5,7,10-12,15-16,18-19,21-25H2,1-3H3/t30-,31-,32+,37-,38-/m0/s1. The van der Waals surface area contributed by atoms with Crippen LogP contribution >= 0.6 is 0 Å². The van der Waals surface area contributed by atoms with E-state index in [1.807, 2.05) is 6.07 Å². The molecule has 5 atom stereocenters. The van der Waals surface area contributed by atoms with Gasteiger partial charge in [-0.1, -0.05) is 62.6 Å². The van der Waals surface area contributed by atoms with Gasteiger partial charge < -0.3 is 14.4 Å². The van der Waals surface area contributed by atoms with Crippen LogP contribution in [-0.2, 0) is 32.6 Å². The number of carbonyl (C=O) groups excluding carboxylic acids is 3. The van der Waals surface area contributed by atoms with Gasteiger partial charge in [0, 0.05) is 36.9 Å². The van der Waals surface area contributed by atoms with Gasteiger partial charge in [0.1, 0.15) is 11.9 Å². The first-order chi connectivity index (χ1) is 21.8. The quantitative estimate of drug-likeness (QED) is 0.139.